The van der Waals surface area contributed by atoms with E-state index in [2.05, 4.69) is 10.3 Å². The van der Waals surface area contributed by atoms with Crippen molar-refractivity contribution in [2.45, 2.75) is 6.43 Å². The van der Waals surface area contributed by atoms with Crippen molar-refractivity contribution < 1.29 is 13.7 Å². The summed E-state index contributed by atoms with van der Waals surface area (Å²) in [5.74, 6) is -0.451. The minimum absolute atomic E-state index is 0.00204. The van der Waals surface area contributed by atoms with E-state index >= 15 is 0 Å². The Morgan fingerprint density at radius 2 is 2.36 bits per heavy atom. The predicted molar refractivity (Wildman–Crippen MR) is 45.4 cm³/mol. The number of nitrogens with zero attached hydrogens (tertiary/aromatic N) is 2. The molecule has 1 heterocycles. The Labute approximate surface area is 77.9 Å². The molecule has 0 unspecified atom stereocenters. The van der Waals surface area contributed by atoms with Crippen LogP contribution in [0.5, 0.6) is 0 Å². The molecule has 0 radical (unpaired) electrons. The van der Waals surface area contributed by atoms with Gasteiger partial charge >= 0.3 is 5.82 Å². The summed E-state index contributed by atoms with van der Waals surface area (Å²) in [6.07, 6.45) is -1.33. The van der Waals surface area contributed by atoms with Crippen molar-refractivity contribution in [3.63, 3.8) is 0 Å². The number of aromatic nitrogens is 1. The van der Waals surface area contributed by atoms with Crippen molar-refractivity contribution in [1.82, 2.24) is 4.98 Å². The van der Waals surface area contributed by atoms with Gasteiger partial charge in [-0.3, -0.25) is 0 Å². The summed E-state index contributed by atoms with van der Waals surface area (Å²) in [6.45, 7) is -0.632. The molecule has 0 spiro atoms. The molecule has 1 aromatic rings. The number of hydrogen-bond donors (Lipinski definition) is 1. The highest BCUT2D eigenvalue weighted by atomic mass is 19.3. The third kappa shape index (κ3) is 2.61. The number of rotatable bonds is 4. The van der Waals surface area contributed by atoms with Crippen molar-refractivity contribution in [2.75, 3.05) is 11.9 Å². The van der Waals surface area contributed by atoms with Gasteiger partial charge in [-0.1, -0.05) is 0 Å². The van der Waals surface area contributed by atoms with Gasteiger partial charge in [-0.2, -0.15) is 0 Å². The minimum atomic E-state index is -2.56. The normalized spacial score (nSPS) is 10.2. The lowest BCUT2D eigenvalue weighted by Gasteiger charge is -2.04. The van der Waals surface area contributed by atoms with E-state index in [4.69, 9.17) is 0 Å². The van der Waals surface area contributed by atoms with Crippen LogP contribution in [0.3, 0.4) is 0 Å². The molecule has 1 N–H and O–H groups in total. The molecule has 1 rings (SSSR count). The fourth-order valence-electron chi connectivity index (χ4n) is 0.868. The van der Waals surface area contributed by atoms with E-state index in [0.717, 1.165) is 0 Å². The maximum atomic E-state index is 11.8. The van der Waals surface area contributed by atoms with Gasteiger partial charge in [-0.05, 0) is 22.0 Å². The lowest BCUT2D eigenvalue weighted by atomic mass is 10.4. The Balaban J connectivity index is 2.79. The zero-order valence-electron chi connectivity index (χ0n) is 6.98. The molecule has 0 aliphatic rings. The van der Waals surface area contributed by atoms with Gasteiger partial charge in [-0.25, -0.2) is 8.78 Å². The summed E-state index contributed by atoms with van der Waals surface area (Å²) < 4.78 is 23.6. The van der Waals surface area contributed by atoms with Crippen LogP contribution in [0.2, 0.25) is 0 Å². The van der Waals surface area contributed by atoms with E-state index in [0.29, 0.717) is 0 Å². The second-order valence-electron chi connectivity index (χ2n) is 2.40. The lowest BCUT2D eigenvalue weighted by Crippen LogP contribution is -2.11. The molecule has 0 aliphatic carbocycles. The summed E-state index contributed by atoms with van der Waals surface area (Å²) in [5.41, 5.74) is -0.00204. The topological polar surface area (TPSA) is 68.1 Å². The molecule has 0 aliphatic heterocycles. The first-order chi connectivity index (χ1) is 6.61. The molecule has 0 aromatic carbocycles. The summed E-state index contributed by atoms with van der Waals surface area (Å²) in [5, 5.41) is 12.6. The van der Waals surface area contributed by atoms with Gasteiger partial charge < -0.3 is 15.4 Å². The monoisotopic (exact) mass is 203 g/mol. The van der Waals surface area contributed by atoms with Crippen molar-refractivity contribution >= 4 is 11.5 Å². The summed E-state index contributed by atoms with van der Waals surface area (Å²) in [6, 6.07) is 2.76. The molecule has 0 fully saturated rings. The molecule has 0 saturated heterocycles. The van der Waals surface area contributed by atoms with E-state index < -0.39 is 23.7 Å². The molecule has 7 heteroatoms. The maximum Gasteiger partial charge on any atom is 0.386 e. The van der Waals surface area contributed by atoms with Crippen molar-refractivity contribution in [2.24, 2.45) is 0 Å². The molecule has 0 bridgehead atoms. The van der Waals surface area contributed by atoms with E-state index in [9.17, 15) is 18.9 Å². The summed E-state index contributed by atoms with van der Waals surface area (Å²) in [7, 11) is 0. The van der Waals surface area contributed by atoms with Gasteiger partial charge in [0.2, 0.25) is 0 Å². The molecule has 5 nitrogen and oxygen atoms in total. The molecular formula is C7H7F2N3O2. The van der Waals surface area contributed by atoms with Gasteiger partial charge in [0.05, 0.1) is 6.54 Å². The van der Waals surface area contributed by atoms with Crippen LogP contribution in [-0.4, -0.2) is 22.9 Å². The molecule has 0 atom stereocenters. The van der Waals surface area contributed by atoms with E-state index in [1.165, 1.54) is 18.3 Å². The van der Waals surface area contributed by atoms with Crippen LogP contribution in [0.15, 0.2) is 18.3 Å². The van der Waals surface area contributed by atoms with E-state index in [1.807, 2.05) is 0 Å². The first-order valence-corrected chi connectivity index (χ1v) is 3.72. The highest BCUT2D eigenvalue weighted by Gasteiger charge is 2.14. The van der Waals surface area contributed by atoms with Gasteiger partial charge in [0.15, 0.2) is 0 Å². The van der Waals surface area contributed by atoms with Gasteiger partial charge in [0.1, 0.15) is 11.9 Å². The number of alkyl halides is 2. The molecule has 1 aromatic heterocycles. The SMILES string of the molecule is O=[N+]([O-])c1ncccc1NCC(F)F. The van der Waals surface area contributed by atoms with Crippen molar-refractivity contribution in [1.29, 1.82) is 0 Å². The third-order valence-electron chi connectivity index (χ3n) is 1.41. The molecule has 14 heavy (non-hydrogen) atoms. The number of hydrogen-bond acceptors (Lipinski definition) is 4. The average Bonchev–Trinajstić information content (AvgIpc) is 2.15. The van der Waals surface area contributed by atoms with Crippen molar-refractivity contribution in [3.05, 3.63) is 28.4 Å². The zero-order valence-corrected chi connectivity index (χ0v) is 6.98. The van der Waals surface area contributed by atoms with Crippen LogP contribution in [0.1, 0.15) is 0 Å². The first kappa shape index (κ1) is 10.3. The Bertz CT molecular complexity index is 332. The first-order valence-electron chi connectivity index (χ1n) is 3.72. The number of anilines is 1. The van der Waals surface area contributed by atoms with Crippen LogP contribution in [0, 0.1) is 10.1 Å². The van der Waals surface area contributed by atoms with Crippen LogP contribution < -0.4 is 5.32 Å². The number of halogens is 2. The van der Waals surface area contributed by atoms with Crippen LogP contribution >= 0.6 is 0 Å². The summed E-state index contributed by atoms with van der Waals surface area (Å²) >= 11 is 0. The van der Waals surface area contributed by atoms with Crippen LogP contribution in [-0.2, 0) is 0 Å². The predicted octanol–water partition coefficient (Wildman–Crippen LogP) is 1.67. The van der Waals surface area contributed by atoms with E-state index in [-0.39, 0.29) is 5.69 Å². The summed E-state index contributed by atoms with van der Waals surface area (Å²) in [4.78, 5) is 13.1. The van der Waals surface area contributed by atoms with Crippen molar-refractivity contribution in [3.8, 4) is 0 Å². The smallest absolute Gasteiger partial charge is 0.372 e. The highest BCUT2D eigenvalue weighted by molar-refractivity contribution is 5.56. The average molecular weight is 203 g/mol. The molecular weight excluding hydrogens is 196 g/mol. The molecule has 76 valence electrons. The van der Waals surface area contributed by atoms with Gasteiger partial charge in [0, 0.05) is 0 Å². The maximum absolute atomic E-state index is 11.8. The Hall–Kier alpha value is -1.79. The molecule has 0 amide bonds. The second-order valence-corrected chi connectivity index (χ2v) is 2.40. The Morgan fingerprint density at radius 1 is 1.64 bits per heavy atom. The molecule has 0 saturated carbocycles. The Kier molecular flexibility index (Phi) is 3.27. The van der Waals surface area contributed by atoms with Crippen LogP contribution in [0.25, 0.3) is 0 Å². The third-order valence-corrected chi connectivity index (χ3v) is 1.41. The minimum Gasteiger partial charge on any atom is -0.372 e. The number of pyridine rings is 1. The fraction of sp³-hybridized carbons (Fsp3) is 0.286. The lowest BCUT2D eigenvalue weighted by molar-refractivity contribution is -0.388. The van der Waals surface area contributed by atoms with Gasteiger partial charge in [0.25, 0.3) is 6.43 Å². The van der Waals surface area contributed by atoms with Gasteiger partial charge in [-0.15, -0.1) is 0 Å². The van der Waals surface area contributed by atoms with Crippen LogP contribution in [0.4, 0.5) is 20.3 Å². The Morgan fingerprint density at radius 3 is 2.93 bits per heavy atom. The largest absolute Gasteiger partial charge is 0.386 e. The zero-order chi connectivity index (χ0) is 10.6. The number of nitrogens with one attached hydrogen (secondary N) is 1. The second kappa shape index (κ2) is 4.45. The quantitative estimate of drug-likeness (QED) is 0.596. The highest BCUT2D eigenvalue weighted by Crippen LogP contribution is 2.19. The number of nitro groups is 1. The fourth-order valence-corrected chi connectivity index (χ4v) is 0.868. The standard InChI is InChI=1S/C7H7F2N3O2/c8-6(9)4-11-5-2-1-3-10-7(5)12(13)14/h1-3,6,11H,4H2. The van der Waals surface area contributed by atoms with E-state index in [1.54, 1.807) is 0 Å².